The Bertz CT molecular complexity index is 2100. The Morgan fingerprint density at radius 3 is 1.44 bits per heavy atom. The fraction of sp³-hybridized carbons (Fsp3) is 0.522. The summed E-state index contributed by atoms with van der Waals surface area (Å²) in [6, 6.07) is 9.86. The molecule has 0 spiro atoms. The van der Waals surface area contributed by atoms with Crippen LogP contribution in [0, 0.1) is 11.8 Å². The third kappa shape index (κ3) is 10.4. The predicted molar refractivity (Wildman–Crippen MR) is 235 cm³/mol. The van der Waals surface area contributed by atoms with Crippen molar-refractivity contribution < 1.29 is 47.6 Å². The monoisotopic (exact) mass is 884 g/mol. The lowest BCUT2D eigenvalue weighted by atomic mass is 9.98. The summed E-state index contributed by atoms with van der Waals surface area (Å²) in [5.41, 5.74) is 4.79. The number of imidazole rings is 2. The summed E-state index contributed by atoms with van der Waals surface area (Å²) in [5, 5.41) is 5.41. The molecule has 4 N–H and O–H groups in total. The molecule has 0 saturated carbocycles. The van der Waals surface area contributed by atoms with Crippen molar-refractivity contribution in [3.8, 4) is 45.1 Å². The van der Waals surface area contributed by atoms with Crippen molar-refractivity contribution in [3.63, 3.8) is 0 Å². The Labute approximate surface area is 373 Å². The molecule has 0 bridgehead atoms. The highest BCUT2D eigenvalue weighted by Crippen LogP contribution is 2.42. The molecule has 5 heterocycles. The number of hydrogen-bond acceptors (Lipinski definition) is 12. The van der Waals surface area contributed by atoms with Crippen molar-refractivity contribution in [2.24, 2.45) is 11.8 Å². The van der Waals surface area contributed by atoms with E-state index >= 15 is 0 Å². The lowest BCUT2D eigenvalue weighted by Crippen LogP contribution is -2.51. The van der Waals surface area contributed by atoms with E-state index in [-0.39, 0.29) is 35.7 Å². The van der Waals surface area contributed by atoms with Gasteiger partial charge in [0, 0.05) is 35.3 Å². The van der Waals surface area contributed by atoms with Crippen molar-refractivity contribution in [1.82, 2.24) is 40.4 Å². The van der Waals surface area contributed by atoms with E-state index in [2.05, 4.69) is 20.6 Å². The number of H-pyrrole nitrogens is 2. The molecule has 2 aromatic heterocycles. The molecule has 3 aliphatic rings. The Balaban J connectivity index is 1.15. The van der Waals surface area contributed by atoms with Gasteiger partial charge in [-0.25, -0.2) is 19.6 Å². The molecule has 3 aliphatic heterocycles. The average Bonchev–Trinajstić information content (AvgIpc) is 4.14. The van der Waals surface area contributed by atoms with E-state index in [1.54, 1.807) is 22.2 Å². The second-order valence-electron chi connectivity index (χ2n) is 16.8. The second-order valence-corrected chi connectivity index (χ2v) is 16.8. The second kappa shape index (κ2) is 21.0. The fourth-order valence-corrected chi connectivity index (χ4v) is 8.50. The number of aromatic amines is 2. The number of methoxy groups -OCH3 is 2. The van der Waals surface area contributed by atoms with Crippen LogP contribution in [0.15, 0.2) is 48.8 Å². The van der Waals surface area contributed by atoms with Gasteiger partial charge in [0.2, 0.25) is 11.8 Å². The molecule has 18 nitrogen and oxygen atoms in total. The van der Waals surface area contributed by atoms with Crippen LogP contribution in [-0.2, 0) is 28.5 Å². The molecule has 4 atom stereocenters. The summed E-state index contributed by atoms with van der Waals surface area (Å²) < 4.78 is 34.0. The molecule has 0 unspecified atom stereocenters. The number of hydrogen-bond donors (Lipinski definition) is 4. The van der Waals surface area contributed by atoms with Gasteiger partial charge in [0.15, 0.2) is 0 Å². The van der Waals surface area contributed by atoms with Crippen LogP contribution in [0.3, 0.4) is 0 Å². The van der Waals surface area contributed by atoms with Gasteiger partial charge in [-0.3, -0.25) is 9.59 Å². The van der Waals surface area contributed by atoms with Crippen molar-refractivity contribution in [2.75, 3.05) is 67.0 Å². The van der Waals surface area contributed by atoms with Gasteiger partial charge in [0.25, 0.3) is 0 Å². The molecule has 4 amide bonds. The quantitative estimate of drug-likeness (QED) is 0.144. The molecule has 2 saturated heterocycles. The minimum absolute atomic E-state index is 0.145. The first-order chi connectivity index (χ1) is 31.0. The van der Waals surface area contributed by atoms with Crippen LogP contribution in [0.25, 0.3) is 33.6 Å². The van der Waals surface area contributed by atoms with Gasteiger partial charge in [-0.1, -0.05) is 39.8 Å². The summed E-state index contributed by atoms with van der Waals surface area (Å²) in [7, 11) is 2.56. The van der Waals surface area contributed by atoms with E-state index in [0.717, 1.165) is 59.3 Å². The van der Waals surface area contributed by atoms with Gasteiger partial charge in [0.05, 0.1) is 76.5 Å². The van der Waals surface area contributed by atoms with E-state index < -0.39 is 24.3 Å². The zero-order chi connectivity index (χ0) is 45.3. The third-order valence-corrected chi connectivity index (χ3v) is 11.9. The average molecular weight is 885 g/mol. The van der Waals surface area contributed by atoms with Gasteiger partial charge in [-0.05, 0) is 61.8 Å². The first-order valence-corrected chi connectivity index (χ1v) is 22.1. The van der Waals surface area contributed by atoms with Gasteiger partial charge < -0.3 is 58.8 Å². The zero-order valence-corrected chi connectivity index (χ0v) is 37.4. The normalized spacial score (nSPS) is 19.1. The maximum atomic E-state index is 13.8. The number of aromatic nitrogens is 4. The number of amides is 4. The van der Waals surface area contributed by atoms with Crippen molar-refractivity contribution in [3.05, 3.63) is 60.4 Å². The predicted octanol–water partition coefficient (Wildman–Crippen LogP) is 6.03. The molecule has 0 aliphatic carbocycles. The largest absolute Gasteiger partial charge is 0.491 e. The number of rotatable bonds is 10. The number of carbonyl (C=O) groups is 4. The molecular formula is C46H60N8O10. The molecule has 18 heteroatoms. The summed E-state index contributed by atoms with van der Waals surface area (Å²) in [5.74, 6) is 1.91. The number of carbonyl (C=O) groups excluding carboxylic acids is 4. The highest BCUT2D eigenvalue weighted by Gasteiger charge is 2.39. The van der Waals surface area contributed by atoms with E-state index in [1.807, 2.05) is 64.1 Å². The standard InChI is InChI=1S/C46H60N8O10/c1-27(2)39(51-45(57)59-5)43(55)53-15-7-9-35(53)41-47-25-33(49-41)29-11-13-31-32-14-12-30(24-38(32)64-22-20-62-18-17-61-19-21-63-37(31)23-29)34-26-48-42(50-34)36-10-8-16-54(36)44(56)40(28(3)4)52-46(58)60-6/h11-14,23-28,35-36,39-40H,7-10,15-22H2,1-6H3,(H,47,49)(H,48,50)(H,51,57)(H,52,58)/t35-,36-,39-,40-/m0/s1. The lowest BCUT2D eigenvalue weighted by molar-refractivity contribution is -0.136. The smallest absolute Gasteiger partial charge is 0.407 e. The van der Waals surface area contributed by atoms with E-state index in [0.29, 0.717) is 75.9 Å². The van der Waals surface area contributed by atoms with Crippen LogP contribution in [0.5, 0.6) is 11.5 Å². The zero-order valence-electron chi connectivity index (χ0n) is 37.4. The number of alkyl carbamates (subject to hydrolysis) is 2. The van der Waals surface area contributed by atoms with Crippen LogP contribution < -0.4 is 20.1 Å². The molecule has 0 radical (unpaired) electrons. The number of benzene rings is 2. The number of fused-ring (bicyclic) bond motifs is 3. The van der Waals surface area contributed by atoms with Gasteiger partial charge >= 0.3 is 12.2 Å². The van der Waals surface area contributed by atoms with Gasteiger partial charge in [-0.2, -0.15) is 0 Å². The van der Waals surface area contributed by atoms with Gasteiger partial charge in [-0.15, -0.1) is 0 Å². The SMILES string of the molecule is COC(=O)N[C@H](C(=O)N1CCC[C@H]1c1ncc(-c2ccc3c(c2)OCCOCCOCCOc2cc(-c4cnc([C@@H]5CCCN5C(=O)[C@@H](NC(=O)OC)C(C)C)[nH]4)ccc2-3)[nH]1)C(C)C. The van der Waals surface area contributed by atoms with E-state index in [9.17, 15) is 19.2 Å². The Morgan fingerprint density at radius 2 is 1.05 bits per heavy atom. The number of ether oxygens (including phenoxy) is 6. The summed E-state index contributed by atoms with van der Waals surface area (Å²) >= 11 is 0. The first-order valence-electron chi connectivity index (χ1n) is 22.1. The summed E-state index contributed by atoms with van der Waals surface area (Å²) in [4.78, 5) is 71.7. The summed E-state index contributed by atoms with van der Waals surface area (Å²) in [6.45, 7) is 10.8. The number of nitrogens with one attached hydrogen (secondary N) is 4. The third-order valence-electron chi connectivity index (χ3n) is 11.9. The van der Waals surface area contributed by atoms with Crippen molar-refractivity contribution in [1.29, 1.82) is 0 Å². The first kappa shape index (κ1) is 45.9. The van der Waals surface area contributed by atoms with Crippen LogP contribution in [-0.4, -0.2) is 133 Å². The highest BCUT2D eigenvalue weighted by molar-refractivity contribution is 5.87. The fourth-order valence-electron chi connectivity index (χ4n) is 8.50. The maximum absolute atomic E-state index is 13.8. The molecule has 4 aromatic rings. The number of likely N-dealkylation sites (tertiary alicyclic amines) is 2. The topological polar surface area (TPSA) is 212 Å². The Hall–Kier alpha value is -6.14. The minimum Gasteiger partial charge on any atom is -0.491 e. The lowest BCUT2D eigenvalue weighted by Gasteiger charge is -2.30. The van der Waals surface area contributed by atoms with Crippen molar-refractivity contribution >= 4 is 24.0 Å². The van der Waals surface area contributed by atoms with Crippen LogP contribution in [0.4, 0.5) is 9.59 Å². The highest BCUT2D eigenvalue weighted by atomic mass is 16.6. The Kier molecular flexibility index (Phi) is 15.1. The molecule has 64 heavy (non-hydrogen) atoms. The van der Waals surface area contributed by atoms with E-state index in [4.69, 9.17) is 38.4 Å². The maximum Gasteiger partial charge on any atom is 0.407 e. The molecular weight excluding hydrogens is 825 g/mol. The molecule has 2 aromatic carbocycles. The van der Waals surface area contributed by atoms with Crippen LogP contribution >= 0.6 is 0 Å². The Morgan fingerprint density at radius 1 is 0.641 bits per heavy atom. The molecule has 344 valence electrons. The van der Waals surface area contributed by atoms with Crippen molar-refractivity contribution in [2.45, 2.75) is 77.5 Å². The van der Waals surface area contributed by atoms with Gasteiger partial charge in [0.1, 0.15) is 48.4 Å². The summed E-state index contributed by atoms with van der Waals surface area (Å²) in [6.07, 6.45) is 5.30. The van der Waals surface area contributed by atoms with Crippen LogP contribution in [0.1, 0.15) is 77.1 Å². The minimum atomic E-state index is -0.734. The molecule has 2 fully saturated rings. The van der Waals surface area contributed by atoms with E-state index in [1.165, 1.54) is 14.2 Å². The molecule has 7 rings (SSSR count). The van der Waals surface area contributed by atoms with Crippen LogP contribution in [0.2, 0.25) is 0 Å². The number of nitrogens with zero attached hydrogens (tertiary/aromatic N) is 4.